The van der Waals surface area contributed by atoms with Crippen LogP contribution in [-0.4, -0.2) is 47.8 Å². The highest BCUT2D eigenvalue weighted by Gasteiger charge is 2.35. The Balaban J connectivity index is 1.96. The molecule has 2 aliphatic rings. The van der Waals surface area contributed by atoms with E-state index in [4.69, 9.17) is 0 Å². The van der Waals surface area contributed by atoms with Crippen molar-refractivity contribution in [3.8, 4) is 0 Å². The minimum absolute atomic E-state index is 0.0215. The number of piperidine rings is 2. The first-order chi connectivity index (χ1) is 8.29. The maximum atomic E-state index is 9.75. The zero-order chi connectivity index (χ0) is 12.1. The number of aliphatic hydroxyl groups is 1. The van der Waals surface area contributed by atoms with E-state index in [0.29, 0.717) is 12.6 Å². The third kappa shape index (κ3) is 3.21. The third-order valence-electron chi connectivity index (χ3n) is 4.67. The average molecular weight is 240 g/mol. The molecule has 0 aromatic carbocycles. The lowest BCUT2D eigenvalue weighted by molar-refractivity contribution is 0.0649. The largest absolute Gasteiger partial charge is 0.394 e. The van der Waals surface area contributed by atoms with E-state index in [1.165, 1.54) is 38.6 Å². The third-order valence-corrected chi connectivity index (χ3v) is 4.67. The van der Waals surface area contributed by atoms with Crippen molar-refractivity contribution in [2.45, 2.75) is 63.5 Å². The van der Waals surface area contributed by atoms with Crippen molar-refractivity contribution >= 4 is 0 Å². The molecule has 0 amide bonds. The molecule has 0 saturated carbocycles. The van der Waals surface area contributed by atoms with E-state index < -0.39 is 0 Å². The van der Waals surface area contributed by atoms with Crippen LogP contribution in [0.2, 0.25) is 0 Å². The molecule has 2 unspecified atom stereocenters. The lowest BCUT2D eigenvalue weighted by atomic mass is 9.81. The number of hydrogen-bond donors (Lipinski definition) is 2. The molecule has 0 spiro atoms. The molecule has 0 aromatic rings. The van der Waals surface area contributed by atoms with Crippen LogP contribution in [0.3, 0.4) is 0 Å². The van der Waals surface area contributed by atoms with E-state index in [1.54, 1.807) is 0 Å². The summed E-state index contributed by atoms with van der Waals surface area (Å²) in [6.45, 7) is 6.06. The number of aliphatic hydroxyl groups excluding tert-OH is 1. The number of hydrogen-bond acceptors (Lipinski definition) is 3. The molecule has 0 aliphatic carbocycles. The quantitative estimate of drug-likeness (QED) is 0.786. The maximum absolute atomic E-state index is 9.75. The fourth-order valence-corrected chi connectivity index (χ4v) is 3.56. The Bertz CT molecular complexity index is 226. The molecule has 2 rings (SSSR count). The minimum Gasteiger partial charge on any atom is -0.394 e. The summed E-state index contributed by atoms with van der Waals surface area (Å²) in [7, 11) is 0. The Hall–Kier alpha value is -0.120. The lowest BCUT2D eigenvalue weighted by Gasteiger charge is -2.44. The van der Waals surface area contributed by atoms with Gasteiger partial charge in [-0.15, -0.1) is 0 Å². The maximum Gasteiger partial charge on any atom is 0.0613 e. The van der Waals surface area contributed by atoms with Gasteiger partial charge in [0.25, 0.3) is 0 Å². The molecule has 0 bridgehead atoms. The summed E-state index contributed by atoms with van der Waals surface area (Å²) in [6, 6.07) is 0.687. The minimum atomic E-state index is 0.0215. The van der Waals surface area contributed by atoms with Gasteiger partial charge >= 0.3 is 0 Å². The number of likely N-dealkylation sites (tertiary alicyclic amines) is 1. The second-order valence-electron chi connectivity index (χ2n) is 5.80. The van der Waals surface area contributed by atoms with Crippen LogP contribution < -0.4 is 5.32 Å². The molecule has 0 aromatic heterocycles. The van der Waals surface area contributed by atoms with Crippen LogP contribution in [0.4, 0.5) is 0 Å². The summed E-state index contributed by atoms with van der Waals surface area (Å²) in [6.07, 6.45) is 8.86. The van der Waals surface area contributed by atoms with Crippen molar-refractivity contribution in [3.63, 3.8) is 0 Å². The van der Waals surface area contributed by atoms with Gasteiger partial charge in [-0.05, 0) is 51.7 Å². The zero-order valence-corrected chi connectivity index (χ0v) is 11.2. The molecule has 2 fully saturated rings. The highest BCUT2D eigenvalue weighted by Crippen LogP contribution is 2.29. The molecule has 100 valence electrons. The van der Waals surface area contributed by atoms with Gasteiger partial charge in [-0.25, -0.2) is 0 Å². The number of nitrogens with one attached hydrogen (secondary N) is 1. The standard InChI is InChI=1S/C14H28N2O/c1-2-16-10-6-3-7-13(16)11-14(12-17)8-4-5-9-15-14/h13,15,17H,2-12H2,1H3. The first kappa shape index (κ1) is 13.3. The van der Waals surface area contributed by atoms with Crippen molar-refractivity contribution in [1.29, 1.82) is 0 Å². The monoisotopic (exact) mass is 240 g/mol. The summed E-state index contributed by atoms with van der Waals surface area (Å²) in [5.74, 6) is 0. The molecule has 2 atom stereocenters. The summed E-state index contributed by atoms with van der Waals surface area (Å²) in [5, 5.41) is 13.3. The Kier molecular flexibility index (Phi) is 4.83. The van der Waals surface area contributed by atoms with Gasteiger partial charge in [-0.2, -0.15) is 0 Å². The second kappa shape index (κ2) is 6.17. The van der Waals surface area contributed by atoms with E-state index in [9.17, 15) is 5.11 Å². The van der Waals surface area contributed by atoms with Crippen LogP contribution in [0, 0.1) is 0 Å². The van der Waals surface area contributed by atoms with Crippen LogP contribution in [0.25, 0.3) is 0 Å². The molecular formula is C14H28N2O. The van der Waals surface area contributed by atoms with Crippen LogP contribution >= 0.6 is 0 Å². The Labute approximate surface area is 106 Å². The van der Waals surface area contributed by atoms with Crippen molar-refractivity contribution in [1.82, 2.24) is 10.2 Å². The molecule has 17 heavy (non-hydrogen) atoms. The smallest absolute Gasteiger partial charge is 0.0613 e. The predicted octanol–water partition coefficient (Wildman–Crippen LogP) is 1.76. The van der Waals surface area contributed by atoms with E-state index in [0.717, 1.165) is 25.9 Å². The van der Waals surface area contributed by atoms with E-state index in [1.807, 2.05) is 0 Å². The summed E-state index contributed by atoms with van der Waals surface area (Å²) >= 11 is 0. The average Bonchev–Trinajstić information content (AvgIpc) is 2.40. The molecule has 2 heterocycles. The Morgan fingerprint density at radius 1 is 1.29 bits per heavy atom. The molecule has 0 radical (unpaired) electrons. The Morgan fingerprint density at radius 3 is 2.82 bits per heavy atom. The van der Waals surface area contributed by atoms with Crippen molar-refractivity contribution < 1.29 is 5.11 Å². The molecule has 2 saturated heterocycles. The fraction of sp³-hybridized carbons (Fsp3) is 1.00. The van der Waals surface area contributed by atoms with Gasteiger partial charge in [0.05, 0.1) is 6.61 Å². The summed E-state index contributed by atoms with van der Waals surface area (Å²) in [4.78, 5) is 2.61. The number of rotatable bonds is 4. The topological polar surface area (TPSA) is 35.5 Å². The molecule has 2 aliphatic heterocycles. The van der Waals surface area contributed by atoms with Gasteiger partial charge < -0.3 is 15.3 Å². The summed E-state index contributed by atoms with van der Waals surface area (Å²) < 4.78 is 0. The van der Waals surface area contributed by atoms with Gasteiger partial charge in [0, 0.05) is 11.6 Å². The van der Waals surface area contributed by atoms with Crippen LogP contribution in [0.5, 0.6) is 0 Å². The first-order valence-corrected chi connectivity index (χ1v) is 7.39. The first-order valence-electron chi connectivity index (χ1n) is 7.39. The highest BCUT2D eigenvalue weighted by molar-refractivity contribution is 4.95. The molecule has 3 heteroatoms. The van der Waals surface area contributed by atoms with Crippen LogP contribution in [0.1, 0.15) is 51.9 Å². The lowest BCUT2D eigenvalue weighted by Crippen LogP contribution is -2.56. The van der Waals surface area contributed by atoms with Gasteiger partial charge in [-0.1, -0.05) is 19.8 Å². The van der Waals surface area contributed by atoms with E-state index in [-0.39, 0.29) is 5.54 Å². The number of nitrogens with zero attached hydrogens (tertiary/aromatic N) is 1. The van der Waals surface area contributed by atoms with Crippen LogP contribution in [-0.2, 0) is 0 Å². The molecule has 2 N–H and O–H groups in total. The molecule has 3 nitrogen and oxygen atoms in total. The van der Waals surface area contributed by atoms with Gasteiger partial charge in [0.1, 0.15) is 0 Å². The van der Waals surface area contributed by atoms with E-state index in [2.05, 4.69) is 17.1 Å². The van der Waals surface area contributed by atoms with Crippen molar-refractivity contribution in [2.24, 2.45) is 0 Å². The highest BCUT2D eigenvalue weighted by atomic mass is 16.3. The fourth-order valence-electron chi connectivity index (χ4n) is 3.56. The van der Waals surface area contributed by atoms with Gasteiger partial charge in [0.2, 0.25) is 0 Å². The van der Waals surface area contributed by atoms with Crippen molar-refractivity contribution in [3.05, 3.63) is 0 Å². The van der Waals surface area contributed by atoms with Crippen LogP contribution in [0.15, 0.2) is 0 Å². The van der Waals surface area contributed by atoms with Crippen molar-refractivity contribution in [2.75, 3.05) is 26.2 Å². The van der Waals surface area contributed by atoms with Gasteiger partial charge in [-0.3, -0.25) is 0 Å². The normalized spacial score (nSPS) is 36.0. The van der Waals surface area contributed by atoms with Gasteiger partial charge in [0.15, 0.2) is 0 Å². The summed E-state index contributed by atoms with van der Waals surface area (Å²) in [5.41, 5.74) is 0.0215. The van der Waals surface area contributed by atoms with E-state index >= 15 is 0 Å². The zero-order valence-electron chi connectivity index (χ0n) is 11.2. The SMILES string of the molecule is CCN1CCCCC1CC1(CO)CCCCN1. The molecular weight excluding hydrogens is 212 g/mol. The Morgan fingerprint density at radius 2 is 2.18 bits per heavy atom. The predicted molar refractivity (Wildman–Crippen MR) is 71.2 cm³/mol. The second-order valence-corrected chi connectivity index (χ2v) is 5.80.